The fourth-order valence-electron chi connectivity index (χ4n) is 4.12. The summed E-state index contributed by atoms with van der Waals surface area (Å²) in [7, 11) is 1.35. The highest BCUT2D eigenvalue weighted by molar-refractivity contribution is 5.90. The summed E-state index contributed by atoms with van der Waals surface area (Å²) in [6, 6.07) is 15.2. The predicted molar refractivity (Wildman–Crippen MR) is 111 cm³/mol. The number of esters is 1. The molecule has 2 aromatic rings. The van der Waals surface area contributed by atoms with Gasteiger partial charge in [0.05, 0.1) is 18.6 Å². The van der Waals surface area contributed by atoms with Crippen molar-refractivity contribution in [1.82, 2.24) is 0 Å². The van der Waals surface area contributed by atoms with Gasteiger partial charge in [-0.15, -0.1) is 0 Å². The van der Waals surface area contributed by atoms with E-state index in [1.807, 2.05) is 19.1 Å². The Bertz CT molecular complexity index is 826. The summed E-state index contributed by atoms with van der Waals surface area (Å²) in [4.78, 5) is 26.5. The molecule has 0 radical (unpaired) electrons. The molecule has 5 heteroatoms. The van der Waals surface area contributed by atoms with Crippen molar-refractivity contribution in [3.63, 3.8) is 0 Å². The number of primary amides is 1. The van der Waals surface area contributed by atoms with Gasteiger partial charge in [-0.05, 0) is 54.5 Å². The van der Waals surface area contributed by atoms with Crippen molar-refractivity contribution < 1.29 is 14.3 Å². The van der Waals surface area contributed by atoms with Crippen LogP contribution < -0.4 is 10.6 Å². The van der Waals surface area contributed by atoms with Crippen LogP contribution in [0.1, 0.15) is 59.5 Å². The van der Waals surface area contributed by atoms with Gasteiger partial charge in [0.1, 0.15) is 0 Å². The predicted octanol–water partition coefficient (Wildman–Crippen LogP) is 3.84. The minimum atomic E-state index is -0.474. The van der Waals surface area contributed by atoms with Crippen LogP contribution in [0.3, 0.4) is 0 Å². The molecule has 2 atom stereocenters. The van der Waals surface area contributed by atoms with Crippen LogP contribution in [0.5, 0.6) is 0 Å². The number of benzene rings is 2. The molecule has 1 saturated heterocycles. The molecule has 0 spiro atoms. The summed E-state index contributed by atoms with van der Waals surface area (Å²) in [6.45, 7) is 4.13. The third kappa shape index (κ3) is 4.19. The summed E-state index contributed by atoms with van der Waals surface area (Å²) in [5.74, 6) is -1.32. The minimum Gasteiger partial charge on any atom is -0.465 e. The number of methoxy groups -OCH3 is 1. The number of hydrogen-bond acceptors (Lipinski definition) is 4. The van der Waals surface area contributed by atoms with Gasteiger partial charge in [0.15, 0.2) is 0 Å². The number of nitrogens with two attached hydrogens (primary N) is 1. The largest absolute Gasteiger partial charge is 0.465 e. The summed E-state index contributed by atoms with van der Waals surface area (Å²) in [5, 5.41) is 0. The number of piperidine rings is 1. The zero-order valence-corrected chi connectivity index (χ0v) is 16.6. The van der Waals surface area contributed by atoms with E-state index in [1.54, 1.807) is 24.3 Å². The summed E-state index contributed by atoms with van der Waals surface area (Å²) in [6.07, 6.45) is 3.65. The van der Waals surface area contributed by atoms with Gasteiger partial charge in [-0.2, -0.15) is 0 Å². The third-order valence-electron chi connectivity index (χ3n) is 5.62. The minimum absolute atomic E-state index is 0.0837. The molecule has 2 N–H and O–H groups in total. The van der Waals surface area contributed by atoms with Crippen LogP contribution in [0.2, 0.25) is 0 Å². The maximum atomic E-state index is 12.4. The van der Waals surface area contributed by atoms with Crippen LogP contribution in [0, 0.1) is 0 Å². The first-order chi connectivity index (χ1) is 13.5. The molecule has 1 heterocycles. The zero-order valence-electron chi connectivity index (χ0n) is 16.6. The van der Waals surface area contributed by atoms with Crippen LogP contribution in [0.25, 0.3) is 0 Å². The van der Waals surface area contributed by atoms with E-state index in [9.17, 15) is 9.59 Å². The van der Waals surface area contributed by atoms with Gasteiger partial charge in [0.25, 0.3) is 0 Å². The molecule has 0 aliphatic carbocycles. The van der Waals surface area contributed by atoms with Gasteiger partial charge < -0.3 is 15.4 Å². The molecule has 148 valence electrons. The van der Waals surface area contributed by atoms with E-state index in [1.165, 1.54) is 32.1 Å². The average Bonchev–Trinajstić information content (AvgIpc) is 2.74. The van der Waals surface area contributed by atoms with E-state index in [-0.39, 0.29) is 11.8 Å². The van der Waals surface area contributed by atoms with Gasteiger partial charge in [-0.25, -0.2) is 4.79 Å². The van der Waals surface area contributed by atoms with Gasteiger partial charge >= 0.3 is 5.97 Å². The highest BCUT2D eigenvalue weighted by atomic mass is 16.5. The van der Waals surface area contributed by atoms with E-state index >= 15 is 0 Å². The monoisotopic (exact) mass is 380 g/mol. The number of carbonyl (C=O) groups excluding carboxylic acids is 2. The van der Waals surface area contributed by atoms with Crippen LogP contribution in [0.4, 0.5) is 5.69 Å². The van der Waals surface area contributed by atoms with Crippen LogP contribution in [-0.2, 0) is 9.53 Å². The van der Waals surface area contributed by atoms with E-state index in [0.717, 1.165) is 24.2 Å². The first kappa shape index (κ1) is 19.9. The number of carbonyl (C=O) groups is 2. The van der Waals surface area contributed by atoms with E-state index in [2.05, 4.69) is 17.0 Å². The maximum Gasteiger partial charge on any atom is 0.337 e. The lowest BCUT2D eigenvalue weighted by molar-refractivity contribution is -0.119. The summed E-state index contributed by atoms with van der Waals surface area (Å²) in [5.41, 5.74) is 9.39. The van der Waals surface area contributed by atoms with Crippen molar-refractivity contribution in [1.29, 1.82) is 0 Å². The van der Waals surface area contributed by atoms with E-state index in [4.69, 9.17) is 10.5 Å². The molecule has 1 aliphatic heterocycles. The molecule has 1 fully saturated rings. The highest BCUT2D eigenvalue weighted by Crippen LogP contribution is 2.38. The van der Waals surface area contributed by atoms with Crippen LogP contribution in [0.15, 0.2) is 48.5 Å². The van der Waals surface area contributed by atoms with Crippen molar-refractivity contribution in [2.45, 2.75) is 38.0 Å². The fourth-order valence-corrected chi connectivity index (χ4v) is 4.12. The second-order valence-corrected chi connectivity index (χ2v) is 7.39. The smallest absolute Gasteiger partial charge is 0.337 e. The van der Waals surface area contributed by atoms with Crippen LogP contribution in [-0.4, -0.2) is 32.1 Å². The number of amides is 1. The lowest BCUT2D eigenvalue weighted by Crippen LogP contribution is -2.32. The van der Waals surface area contributed by atoms with Crippen LogP contribution >= 0.6 is 0 Å². The Labute approximate surface area is 166 Å². The second kappa shape index (κ2) is 8.91. The van der Waals surface area contributed by atoms with Crippen molar-refractivity contribution in [3.05, 3.63) is 65.2 Å². The number of hydrogen-bond donors (Lipinski definition) is 1. The molecule has 3 rings (SSSR count). The number of para-hydroxylation sites is 1. The number of ether oxygens (including phenoxy) is 1. The first-order valence-corrected chi connectivity index (χ1v) is 9.84. The number of nitrogens with zero attached hydrogens (tertiary/aromatic N) is 1. The zero-order chi connectivity index (χ0) is 20.1. The third-order valence-corrected chi connectivity index (χ3v) is 5.62. The normalized spacial score (nSPS) is 16.3. The van der Waals surface area contributed by atoms with Crippen molar-refractivity contribution in [2.24, 2.45) is 5.73 Å². The molecule has 0 bridgehead atoms. The Morgan fingerprint density at radius 2 is 1.64 bits per heavy atom. The van der Waals surface area contributed by atoms with E-state index < -0.39 is 11.9 Å². The Morgan fingerprint density at radius 1 is 1.00 bits per heavy atom. The van der Waals surface area contributed by atoms with Gasteiger partial charge in [-0.3, -0.25) is 4.79 Å². The van der Waals surface area contributed by atoms with E-state index in [0.29, 0.717) is 5.56 Å². The topological polar surface area (TPSA) is 72.6 Å². The Balaban J connectivity index is 1.93. The fraction of sp³-hybridized carbons (Fsp3) is 0.391. The molecule has 1 amide bonds. The second-order valence-electron chi connectivity index (χ2n) is 7.39. The molecular formula is C23H28N2O3. The van der Waals surface area contributed by atoms with Crippen molar-refractivity contribution in [3.8, 4) is 0 Å². The Hall–Kier alpha value is -2.82. The summed E-state index contributed by atoms with van der Waals surface area (Å²) >= 11 is 0. The molecule has 2 aromatic carbocycles. The highest BCUT2D eigenvalue weighted by Gasteiger charge is 2.29. The molecule has 5 nitrogen and oxygen atoms in total. The molecular weight excluding hydrogens is 352 g/mol. The molecule has 2 unspecified atom stereocenters. The average molecular weight is 380 g/mol. The maximum absolute atomic E-state index is 12.4. The quantitative estimate of drug-likeness (QED) is 0.773. The Kier molecular flexibility index (Phi) is 6.34. The number of rotatable bonds is 6. The molecule has 0 aromatic heterocycles. The first-order valence-electron chi connectivity index (χ1n) is 9.84. The molecule has 28 heavy (non-hydrogen) atoms. The lowest BCUT2D eigenvalue weighted by Gasteiger charge is -2.33. The molecule has 0 saturated carbocycles. The lowest BCUT2D eigenvalue weighted by atomic mass is 9.81. The van der Waals surface area contributed by atoms with Crippen molar-refractivity contribution >= 4 is 17.6 Å². The SMILES string of the molecule is COC(=O)c1ccc(C(C(N)=O)C(C)c2ccccc2N2CCCCC2)cc1. The Morgan fingerprint density at radius 3 is 2.25 bits per heavy atom. The summed E-state index contributed by atoms with van der Waals surface area (Å²) < 4.78 is 4.75. The van der Waals surface area contributed by atoms with Gasteiger partial charge in [0, 0.05) is 18.8 Å². The van der Waals surface area contributed by atoms with Gasteiger partial charge in [-0.1, -0.05) is 37.3 Å². The van der Waals surface area contributed by atoms with Gasteiger partial charge in [0.2, 0.25) is 5.91 Å². The molecule has 1 aliphatic rings. The standard InChI is InChI=1S/C23H28N2O3/c1-16(19-8-4-5-9-20(19)25-14-6-3-7-15-25)21(22(24)26)17-10-12-18(13-11-17)23(27)28-2/h4-5,8-13,16,21H,3,6-7,14-15H2,1-2H3,(H2,24,26). The number of anilines is 1. The van der Waals surface area contributed by atoms with Crippen molar-refractivity contribution in [2.75, 3.05) is 25.1 Å².